The molecule has 0 saturated heterocycles. The summed E-state index contributed by atoms with van der Waals surface area (Å²) in [7, 11) is 0. The number of imidazole rings is 1. The lowest BCUT2D eigenvalue weighted by Gasteiger charge is -2.02. The summed E-state index contributed by atoms with van der Waals surface area (Å²) in [5.74, 6) is -0.389. The van der Waals surface area contributed by atoms with Crippen LogP contribution in [0.15, 0.2) is 30.5 Å². The van der Waals surface area contributed by atoms with Crippen LogP contribution < -0.4 is 10.6 Å². The van der Waals surface area contributed by atoms with Crippen LogP contribution in [0, 0.1) is 0 Å². The predicted molar refractivity (Wildman–Crippen MR) is 80.9 cm³/mol. The van der Waals surface area contributed by atoms with Crippen LogP contribution in [0.1, 0.15) is 12.6 Å². The van der Waals surface area contributed by atoms with Gasteiger partial charge >= 0.3 is 0 Å². The highest BCUT2D eigenvalue weighted by atomic mass is 35.5. The fourth-order valence-electron chi connectivity index (χ4n) is 1.77. The highest BCUT2D eigenvalue weighted by Crippen LogP contribution is 2.18. The first kappa shape index (κ1) is 15.1. The predicted octanol–water partition coefficient (Wildman–Crippen LogP) is 1.25. The molecule has 0 aliphatic heterocycles. The second-order valence-electron chi connectivity index (χ2n) is 4.32. The number of carbonyl (C=O) groups excluding carboxylic acids is 2. The van der Waals surface area contributed by atoms with E-state index in [-0.39, 0.29) is 11.8 Å². The second-order valence-corrected chi connectivity index (χ2v) is 4.68. The number of amides is 2. The molecule has 0 unspecified atom stereocenters. The van der Waals surface area contributed by atoms with E-state index >= 15 is 0 Å². The van der Waals surface area contributed by atoms with Gasteiger partial charge < -0.3 is 10.6 Å². The Morgan fingerprint density at radius 1 is 1.33 bits per heavy atom. The zero-order valence-electron chi connectivity index (χ0n) is 11.5. The molecule has 6 nitrogen and oxygen atoms in total. The molecule has 0 bridgehead atoms. The van der Waals surface area contributed by atoms with Gasteiger partial charge in [-0.05, 0) is 18.2 Å². The van der Waals surface area contributed by atoms with Gasteiger partial charge in [-0.15, -0.1) is 0 Å². The first-order valence-electron chi connectivity index (χ1n) is 6.41. The number of fused-ring (bicyclic) bond motifs is 1. The Balaban J connectivity index is 1.98. The summed E-state index contributed by atoms with van der Waals surface area (Å²) in [6.45, 7) is 2.18. The average molecular weight is 307 g/mol. The summed E-state index contributed by atoms with van der Waals surface area (Å²) >= 11 is 6.05. The van der Waals surface area contributed by atoms with E-state index in [1.165, 1.54) is 13.0 Å². The van der Waals surface area contributed by atoms with Gasteiger partial charge in [-0.25, -0.2) is 4.98 Å². The van der Waals surface area contributed by atoms with Gasteiger partial charge in [0.25, 0.3) is 0 Å². The molecule has 110 valence electrons. The summed E-state index contributed by atoms with van der Waals surface area (Å²) in [6.07, 6.45) is 4.81. The van der Waals surface area contributed by atoms with Crippen molar-refractivity contribution in [1.29, 1.82) is 0 Å². The highest BCUT2D eigenvalue weighted by Gasteiger charge is 2.07. The van der Waals surface area contributed by atoms with Crippen molar-refractivity contribution in [2.24, 2.45) is 0 Å². The van der Waals surface area contributed by atoms with Crippen molar-refractivity contribution in [1.82, 2.24) is 20.0 Å². The molecule has 2 amide bonds. The number of aromatic nitrogens is 2. The first-order chi connectivity index (χ1) is 10.1. The molecule has 0 fully saturated rings. The number of halogens is 1. The molecule has 0 radical (unpaired) electrons. The largest absolute Gasteiger partial charge is 0.355 e. The third-order valence-electron chi connectivity index (χ3n) is 2.71. The maximum atomic E-state index is 11.6. The number of pyridine rings is 1. The molecule has 0 saturated carbocycles. The summed E-state index contributed by atoms with van der Waals surface area (Å²) in [6, 6.07) is 5.55. The summed E-state index contributed by atoms with van der Waals surface area (Å²) < 4.78 is 1.80. The van der Waals surface area contributed by atoms with Crippen LogP contribution in [0.3, 0.4) is 0 Å². The molecule has 0 aromatic carbocycles. The van der Waals surface area contributed by atoms with Crippen molar-refractivity contribution in [3.8, 4) is 0 Å². The zero-order valence-corrected chi connectivity index (χ0v) is 12.2. The first-order valence-corrected chi connectivity index (χ1v) is 6.78. The highest BCUT2D eigenvalue weighted by molar-refractivity contribution is 6.31. The molecule has 0 spiro atoms. The molecule has 0 aliphatic carbocycles. The fraction of sp³-hybridized carbons (Fsp3) is 0.214. The van der Waals surface area contributed by atoms with E-state index in [0.717, 1.165) is 0 Å². The second kappa shape index (κ2) is 6.90. The summed E-state index contributed by atoms with van der Waals surface area (Å²) in [5.41, 5.74) is 1.36. The molecule has 2 N–H and O–H groups in total. The van der Waals surface area contributed by atoms with E-state index < -0.39 is 0 Å². The van der Waals surface area contributed by atoms with Gasteiger partial charge in [0.1, 0.15) is 5.65 Å². The Labute approximate surface area is 126 Å². The molecule has 2 heterocycles. The Morgan fingerprint density at radius 2 is 2.10 bits per heavy atom. The van der Waals surface area contributed by atoms with Crippen LogP contribution >= 0.6 is 11.6 Å². The maximum absolute atomic E-state index is 11.6. The summed E-state index contributed by atoms with van der Waals surface area (Å²) in [5, 5.41) is 5.58. The van der Waals surface area contributed by atoms with Crippen molar-refractivity contribution in [2.45, 2.75) is 6.92 Å². The molecular weight excluding hydrogens is 292 g/mol. The van der Waals surface area contributed by atoms with Crippen molar-refractivity contribution in [3.63, 3.8) is 0 Å². The van der Waals surface area contributed by atoms with E-state index in [0.29, 0.717) is 29.6 Å². The minimum Gasteiger partial charge on any atom is -0.355 e. The molecule has 7 heteroatoms. The number of rotatable bonds is 5. The van der Waals surface area contributed by atoms with Crippen molar-refractivity contribution < 1.29 is 9.59 Å². The van der Waals surface area contributed by atoms with E-state index in [2.05, 4.69) is 15.6 Å². The average Bonchev–Trinajstić information content (AvgIpc) is 2.76. The third kappa shape index (κ3) is 4.06. The molecule has 0 aliphatic rings. The molecule has 2 rings (SSSR count). The Kier molecular flexibility index (Phi) is 4.94. The van der Waals surface area contributed by atoms with E-state index in [4.69, 9.17) is 11.6 Å². The minimum absolute atomic E-state index is 0.127. The van der Waals surface area contributed by atoms with Gasteiger partial charge in [0, 0.05) is 32.3 Å². The monoisotopic (exact) mass is 306 g/mol. The fourth-order valence-corrected chi connectivity index (χ4v) is 2.01. The number of nitrogens with one attached hydrogen (secondary N) is 2. The topological polar surface area (TPSA) is 75.5 Å². The normalized spacial score (nSPS) is 11.0. The minimum atomic E-state index is -0.262. The maximum Gasteiger partial charge on any atom is 0.244 e. The number of hydrogen-bond donors (Lipinski definition) is 2. The molecule has 2 aromatic rings. The number of hydrogen-bond acceptors (Lipinski definition) is 3. The van der Waals surface area contributed by atoms with Gasteiger partial charge in [-0.1, -0.05) is 17.7 Å². The molecule has 21 heavy (non-hydrogen) atoms. The van der Waals surface area contributed by atoms with Crippen LogP contribution in [-0.2, 0) is 9.59 Å². The van der Waals surface area contributed by atoms with Gasteiger partial charge in [-0.2, -0.15) is 0 Å². The van der Waals surface area contributed by atoms with Crippen molar-refractivity contribution in [3.05, 3.63) is 41.3 Å². The van der Waals surface area contributed by atoms with E-state index in [1.807, 2.05) is 24.4 Å². The van der Waals surface area contributed by atoms with Crippen LogP contribution in [0.2, 0.25) is 5.15 Å². The Hall–Kier alpha value is -2.34. The van der Waals surface area contributed by atoms with E-state index in [1.54, 1.807) is 10.5 Å². The molecule has 2 aromatic heterocycles. The lowest BCUT2D eigenvalue weighted by atomic mass is 10.3. The molecule has 0 atom stereocenters. The van der Waals surface area contributed by atoms with Crippen molar-refractivity contribution in [2.75, 3.05) is 13.1 Å². The van der Waals surface area contributed by atoms with Crippen LogP contribution in [0.4, 0.5) is 0 Å². The van der Waals surface area contributed by atoms with E-state index in [9.17, 15) is 9.59 Å². The van der Waals surface area contributed by atoms with Crippen LogP contribution in [-0.4, -0.2) is 34.3 Å². The number of carbonyl (C=O) groups is 2. The standard InChI is InChI=1S/C14H15ClN4O2/c1-10(20)16-7-8-17-13(21)6-5-11-14(15)18-12-4-2-3-9-19(11)12/h2-6,9H,7-8H2,1H3,(H,16,20)(H,17,21). The van der Waals surface area contributed by atoms with Crippen molar-refractivity contribution >= 4 is 35.1 Å². The quantitative estimate of drug-likeness (QED) is 0.645. The Bertz CT molecular complexity index is 693. The summed E-state index contributed by atoms with van der Waals surface area (Å²) in [4.78, 5) is 26.5. The number of nitrogens with zero attached hydrogens (tertiary/aromatic N) is 2. The van der Waals surface area contributed by atoms with Crippen LogP contribution in [0.5, 0.6) is 0 Å². The SMILES string of the molecule is CC(=O)NCCNC(=O)C=Cc1c(Cl)nc2ccccn12. The third-order valence-corrected chi connectivity index (χ3v) is 2.99. The zero-order chi connectivity index (χ0) is 15.2. The van der Waals surface area contributed by atoms with Gasteiger partial charge in [-0.3, -0.25) is 14.0 Å². The molecular formula is C14H15ClN4O2. The smallest absolute Gasteiger partial charge is 0.244 e. The lowest BCUT2D eigenvalue weighted by Crippen LogP contribution is -2.32. The lowest BCUT2D eigenvalue weighted by molar-refractivity contribution is -0.119. The van der Waals surface area contributed by atoms with Gasteiger partial charge in [0.05, 0.1) is 5.69 Å². The van der Waals surface area contributed by atoms with Crippen LogP contribution in [0.25, 0.3) is 11.7 Å². The van der Waals surface area contributed by atoms with Gasteiger partial charge in [0.15, 0.2) is 5.15 Å². The van der Waals surface area contributed by atoms with Gasteiger partial charge in [0.2, 0.25) is 11.8 Å². The Morgan fingerprint density at radius 3 is 2.86 bits per heavy atom.